The molecule has 11 heavy (non-hydrogen) atoms. The second kappa shape index (κ2) is 3.14. The third-order valence-corrected chi connectivity index (χ3v) is 3.65. The zero-order valence-electron chi connectivity index (χ0n) is 7.47. The zero-order chi connectivity index (χ0) is 7.68. The lowest BCUT2D eigenvalue weighted by molar-refractivity contribution is 0.158. The minimum absolute atomic E-state index is 0.862. The topological polar surface area (TPSA) is 12.0 Å². The van der Waals surface area contributed by atoms with E-state index in [1.54, 1.807) is 0 Å². The summed E-state index contributed by atoms with van der Waals surface area (Å²) in [6.45, 7) is 0. The Labute approximate surface area is 69.6 Å². The molecule has 1 nitrogen and oxygen atoms in total. The summed E-state index contributed by atoms with van der Waals surface area (Å²) < 4.78 is 0. The summed E-state index contributed by atoms with van der Waals surface area (Å²) in [6, 6.07) is 0.862. The van der Waals surface area contributed by atoms with E-state index in [4.69, 9.17) is 0 Å². The van der Waals surface area contributed by atoms with E-state index >= 15 is 0 Å². The van der Waals surface area contributed by atoms with Gasteiger partial charge in [-0.2, -0.15) is 0 Å². The molecule has 0 heterocycles. The Bertz CT molecular complexity index is 121. The molecule has 1 heteroatoms. The van der Waals surface area contributed by atoms with E-state index in [-0.39, 0.29) is 0 Å². The second-order valence-electron chi connectivity index (χ2n) is 4.26. The molecular weight excluding hydrogens is 134 g/mol. The van der Waals surface area contributed by atoms with Crippen molar-refractivity contribution in [3.63, 3.8) is 0 Å². The summed E-state index contributed by atoms with van der Waals surface area (Å²) in [5.41, 5.74) is 0. The van der Waals surface area contributed by atoms with Crippen LogP contribution in [-0.4, -0.2) is 13.1 Å². The van der Waals surface area contributed by atoms with Crippen molar-refractivity contribution < 1.29 is 0 Å². The van der Waals surface area contributed by atoms with Gasteiger partial charge in [-0.05, 0) is 31.7 Å². The minimum Gasteiger partial charge on any atom is -0.317 e. The average Bonchev–Trinajstić information content (AvgIpc) is 2.37. The normalized spacial score (nSPS) is 39.0. The Hall–Kier alpha value is -0.0400. The SMILES string of the molecule is CNC1CC(C2CCCC2)C1. The van der Waals surface area contributed by atoms with Gasteiger partial charge < -0.3 is 5.32 Å². The Morgan fingerprint density at radius 3 is 2.18 bits per heavy atom. The van der Waals surface area contributed by atoms with E-state index in [0.29, 0.717) is 0 Å². The van der Waals surface area contributed by atoms with Crippen LogP contribution in [0.1, 0.15) is 38.5 Å². The van der Waals surface area contributed by atoms with Gasteiger partial charge in [0.25, 0.3) is 0 Å². The molecule has 0 spiro atoms. The highest BCUT2D eigenvalue weighted by Gasteiger charge is 2.34. The summed E-state index contributed by atoms with van der Waals surface area (Å²) in [5, 5.41) is 3.35. The summed E-state index contributed by atoms with van der Waals surface area (Å²) in [4.78, 5) is 0. The van der Waals surface area contributed by atoms with Crippen molar-refractivity contribution in [3.05, 3.63) is 0 Å². The lowest BCUT2D eigenvalue weighted by atomic mass is 9.72. The molecule has 2 aliphatic carbocycles. The molecule has 0 saturated heterocycles. The van der Waals surface area contributed by atoms with E-state index in [2.05, 4.69) is 12.4 Å². The van der Waals surface area contributed by atoms with Gasteiger partial charge in [-0.3, -0.25) is 0 Å². The maximum Gasteiger partial charge on any atom is 0.00695 e. The first-order chi connectivity index (χ1) is 5.40. The number of nitrogens with one attached hydrogen (secondary N) is 1. The van der Waals surface area contributed by atoms with Gasteiger partial charge in [0.1, 0.15) is 0 Å². The molecule has 0 aromatic carbocycles. The molecule has 0 atom stereocenters. The first-order valence-electron chi connectivity index (χ1n) is 5.07. The van der Waals surface area contributed by atoms with Gasteiger partial charge in [0.15, 0.2) is 0 Å². The molecule has 2 fully saturated rings. The van der Waals surface area contributed by atoms with Crippen LogP contribution in [0, 0.1) is 11.8 Å². The van der Waals surface area contributed by atoms with Crippen LogP contribution in [0.4, 0.5) is 0 Å². The first-order valence-corrected chi connectivity index (χ1v) is 5.07. The monoisotopic (exact) mass is 153 g/mol. The fraction of sp³-hybridized carbons (Fsp3) is 1.00. The van der Waals surface area contributed by atoms with Crippen molar-refractivity contribution in [1.82, 2.24) is 5.32 Å². The molecule has 0 bridgehead atoms. The molecular formula is C10H19N. The molecule has 0 aromatic rings. The second-order valence-corrected chi connectivity index (χ2v) is 4.26. The van der Waals surface area contributed by atoms with Crippen LogP contribution < -0.4 is 5.32 Å². The average molecular weight is 153 g/mol. The maximum absolute atomic E-state index is 3.35. The fourth-order valence-electron chi connectivity index (χ4n) is 2.71. The predicted octanol–water partition coefficient (Wildman–Crippen LogP) is 2.17. The van der Waals surface area contributed by atoms with Crippen LogP contribution in [0.5, 0.6) is 0 Å². The Morgan fingerprint density at radius 2 is 1.64 bits per heavy atom. The van der Waals surface area contributed by atoms with Crippen LogP contribution >= 0.6 is 0 Å². The van der Waals surface area contributed by atoms with Gasteiger partial charge in [-0.15, -0.1) is 0 Å². The maximum atomic E-state index is 3.35. The van der Waals surface area contributed by atoms with E-state index in [1.165, 1.54) is 38.5 Å². The van der Waals surface area contributed by atoms with Crippen molar-refractivity contribution in [2.75, 3.05) is 7.05 Å². The zero-order valence-corrected chi connectivity index (χ0v) is 7.47. The summed E-state index contributed by atoms with van der Waals surface area (Å²) in [6.07, 6.45) is 8.99. The highest BCUT2D eigenvalue weighted by atomic mass is 14.9. The largest absolute Gasteiger partial charge is 0.317 e. The molecule has 0 amide bonds. The molecule has 2 rings (SSSR count). The molecule has 64 valence electrons. The van der Waals surface area contributed by atoms with Crippen molar-refractivity contribution in [1.29, 1.82) is 0 Å². The molecule has 0 aromatic heterocycles. The summed E-state index contributed by atoms with van der Waals surface area (Å²) in [7, 11) is 2.09. The quantitative estimate of drug-likeness (QED) is 0.641. The molecule has 1 N–H and O–H groups in total. The lowest BCUT2D eigenvalue weighted by Gasteiger charge is -2.39. The standard InChI is InChI=1S/C10H19N/c1-11-10-6-9(7-10)8-4-2-3-5-8/h8-11H,2-7H2,1H3. The van der Waals surface area contributed by atoms with Gasteiger partial charge in [0, 0.05) is 6.04 Å². The van der Waals surface area contributed by atoms with Crippen LogP contribution in [-0.2, 0) is 0 Å². The van der Waals surface area contributed by atoms with Crippen LogP contribution in [0.3, 0.4) is 0 Å². The van der Waals surface area contributed by atoms with Crippen molar-refractivity contribution in [2.45, 2.75) is 44.6 Å². The molecule has 2 saturated carbocycles. The molecule has 2 aliphatic rings. The van der Waals surface area contributed by atoms with E-state index in [1.807, 2.05) is 0 Å². The van der Waals surface area contributed by atoms with Gasteiger partial charge in [0.2, 0.25) is 0 Å². The van der Waals surface area contributed by atoms with Crippen LogP contribution in [0.15, 0.2) is 0 Å². The third kappa shape index (κ3) is 1.44. The first kappa shape index (κ1) is 7.60. The third-order valence-electron chi connectivity index (χ3n) is 3.65. The van der Waals surface area contributed by atoms with E-state index in [0.717, 1.165) is 17.9 Å². The molecule has 0 unspecified atom stereocenters. The summed E-state index contributed by atoms with van der Waals surface area (Å²) in [5.74, 6) is 2.20. The van der Waals surface area contributed by atoms with Crippen LogP contribution in [0.25, 0.3) is 0 Å². The Kier molecular flexibility index (Phi) is 2.17. The fourth-order valence-corrected chi connectivity index (χ4v) is 2.71. The molecule has 0 radical (unpaired) electrons. The molecule has 0 aliphatic heterocycles. The lowest BCUT2D eigenvalue weighted by Crippen LogP contribution is -2.41. The highest BCUT2D eigenvalue weighted by Crippen LogP contribution is 2.41. The van der Waals surface area contributed by atoms with Crippen molar-refractivity contribution >= 4 is 0 Å². The van der Waals surface area contributed by atoms with Gasteiger partial charge >= 0.3 is 0 Å². The smallest absolute Gasteiger partial charge is 0.00695 e. The van der Waals surface area contributed by atoms with Gasteiger partial charge in [-0.1, -0.05) is 25.7 Å². The van der Waals surface area contributed by atoms with E-state index < -0.39 is 0 Å². The minimum atomic E-state index is 0.862. The van der Waals surface area contributed by atoms with Crippen LogP contribution in [0.2, 0.25) is 0 Å². The number of rotatable bonds is 2. The van der Waals surface area contributed by atoms with Gasteiger partial charge in [0.05, 0.1) is 0 Å². The Balaban J connectivity index is 1.73. The van der Waals surface area contributed by atoms with Gasteiger partial charge in [-0.25, -0.2) is 0 Å². The van der Waals surface area contributed by atoms with Crippen molar-refractivity contribution in [2.24, 2.45) is 11.8 Å². The van der Waals surface area contributed by atoms with E-state index in [9.17, 15) is 0 Å². The van der Waals surface area contributed by atoms with Crippen molar-refractivity contribution in [3.8, 4) is 0 Å². The highest BCUT2D eigenvalue weighted by molar-refractivity contribution is 4.89. The predicted molar refractivity (Wildman–Crippen MR) is 47.5 cm³/mol. The number of hydrogen-bond acceptors (Lipinski definition) is 1. The number of hydrogen-bond donors (Lipinski definition) is 1. The summed E-state index contributed by atoms with van der Waals surface area (Å²) >= 11 is 0. The Morgan fingerprint density at radius 1 is 1.00 bits per heavy atom.